The molecule has 1 aliphatic rings. The van der Waals surface area contributed by atoms with Crippen LogP contribution in [0, 0.1) is 12.8 Å². The summed E-state index contributed by atoms with van der Waals surface area (Å²) in [5, 5.41) is 7.32. The van der Waals surface area contributed by atoms with Crippen molar-refractivity contribution < 1.29 is 4.52 Å². The van der Waals surface area contributed by atoms with Gasteiger partial charge in [-0.3, -0.25) is 0 Å². The SMILES string of the molecule is CCCNCC1CCN(CCc2nc(C)no2)C1. The van der Waals surface area contributed by atoms with Gasteiger partial charge in [0.2, 0.25) is 5.89 Å². The Labute approximate surface area is 109 Å². The van der Waals surface area contributed by atoms with E-state index in [4.69, 9.17) is 4.52 Å². The smallest absolute Gasteiger partial charge is 0.227 e. The van der Waals surface area contributed by atoms with Crippen LogP contribution in [0.3, 0.4) is 0 Å². The number of aromatic nitrogens is 2. The molecule has 2 heterocycles. The molecule has 1 aromatic rings. The van der Waals surface area contributed by atoms with Crippen LogP contribution >= 0.6 is 0 Å². The van der Waals surface area contributed by atoms with Crippen molar-refractivity contribution in [1.29, 1.82) is 0 Å². The van der Waals surface area contributed by atoms with Crippen molar-refractivity contribution in [2.24, 2.45) is 5.92 Å². The third-order valence-electron chi connectivity index (χ3n) is 3.44. The van der Waals surface area contributed by atoms with Crippen LogP contribution in [0.25, 0.3) is 0 Å². The van der Waals surface area contributed by atoms with Gasteiger partial charge in [-0.1, -0.05) is 12.1 Å². The molecule has 2 rings (SSSR count). The highest BCUT2D eigenvalue weighted by molar-refractivity contribution is 4.85. The van der Waals surface area contributed by atoms with Crippen molar-refractivity contribution in [1.82, 2.24) is 20.4 Å². The van der Waals surface area contributed by atoms with Crippen molar-refractivity contribution in [3.63, 3.8) is 0 Å². The van der Waals surface area contributed by atoms with Gasteiger partial charge < -0.3 is 14.7 Å². The minimum Gasteiger partial charge on any atom is -0.339 e. The first kappa shape index (κ1) is 13.5. The van der Waals surface area contributed by atoms with Crippen LogP contribution in [-0.2, 0) is 6.42 Å². The molecule has 102 valence electrons. The molecule has 18 heavy (non-hydrogen) atoms. The molecule has 0 aliphatic carbocycles. The fourth-order valence-corrected chi connectivity index (χ4v) is 2.46. The second-order valence-corrected chi connectivity index (χ2v) is 5.14. The number of hydrogen-bond acceptors (Lipinski definition) is 5. The summed E-state index contributed by atoms with van der Waals surface area (Å²) in [6, 6.07) is 0. The second-order valence-electron chi connectivity index (χ2n) is 5.14. The average molecular weight is 252 g/mol. The van der Waals surface area contributed by atoms with E-state index in [0.29, 0.717) is 0 Å². The Hall–Kier alpha value is -0.940. The lowest BCUT2D eigenvalue weighted by atomic mass is 10.1. The first-order valence-corrected chi connectivity index (χ1v) is 7.00. The maximum atomic E-state index is 5.13. The number of nitrogens with zero attached hydrogens (tertiary/aromatic N) is 3. The van der Waals surface area contributed by atoms with E-state index in [2.05, 4.69) is 27.3 Å². The van der Waals surface area contributed by atoms with Crippen molar-refractivity contribution in [3.8, 4) is 0 Å². The molecule has 0 radical (unpaired) electrons. The molecule has 0 aromatic carbocycles. The zero-order valence-corrected chi connectivity index (χ0v) is 11.5. The summed E-state index contributed by atoms with van der Waals surface area (Å²) >= 11 is 0. The third-order valence-corrected chi connectivity index (χ3v) is 3.44. The lowest BCUT2D eigenvalue weighted by Crippen LogP contribution is -2.28. The molecular weight excluding hydrogens is 228 g/mol. The number of hydrogen-bond donors (Lipinski definition) is 1. The van der Waals surface area contributed by atoms with Crippen molar-refractivity contribution in [2.75, 3.05) is 32.7 Å². The molecule has 0 bridgehead atoms. The number of nitrogens with one attached hydrogen (secondary N) is 1. The zero-order valence-electron chi connectivity index (χ0n) is 11.5. The van der Waals surface area contributed by atoms with Crippen LogP contribution in [0.2, 0.25) is 0 Å². The Kier molecular flexibility index (Phi) is 5.13. The molecule has 1 aliphatic heterocycles. The quantitative estimate of drug-likeness (QED) is 0.740. The van der Waals surface area contributed by atoms with Crippen LogP contribution in [0.15, 0.2) is 4.52 Å². The summed E-state index contributed by atoms with van der Waals surface area (Å²) in [5.74, 6) is 2.30. The predicted octanol–water partition coefficient (Wildman–Crippen LogP) is 1.24. The van der Waals surface area contributed by atoms with Gasteiger partial charge in [0.15, 0.2) is 5.82 Å². The maximum Gasteiger partial charge on any atom is 0.227 e. The van der Waals surface area contributed by atoms with Crippen LogP contribution in [0.4, 0.5) is 0 Å². The lowest BCUT2D eigenvalue weighted by molar-refractivity contribution is 0.300. The summed E-state index contributed by atoms with van der Waals surface area (Å²) in [4.78, 5) is 6.73. The minimum absolute atomic E-state index is 0.730. The fourth-order valence-electron chi connectivity index (χ4n) is 2.46. The number of likely N-dealkylation sites (tertiary alicyclic amines) is 1. The van der Waals surface area contributed by atoms with Gasteiger partial charge >= 0.3 is 0 Å². The molecule has 5 heteroatoms. The standard InChI is InChI=1S/C13H24N4O/c1-3-6-14-9-12-4-7-17(10-12)8-5-13-15-11(2)16-18-13/h12,14H,3-10H2,1-2H3. The summed E-state index contributed by atoms with van der Waals surface area (Å²) < 4.78 is 5.13. The Morgan fingerprint density at radius 2 is 2.39 bits per heavy atom. The van der Waals surface area contributed by atoms with E-state index >= 15 is 0 Å². The van der Waals surface area contributed by atoms with Gasteiger partial charge in [0.05, 0.1) is 0 Å². The van der Waals surface area contributed by atoms with Gasteiger partial charge in [-0.05, 0) is 45.3 Å². The summed E-state index contributed by atoms with van der Waals surface area (Å²) in [5.41, 5.74) is 0. The first-order valence-electron chi connectivity index (χ1n) is 7.00. The number of aryl methyl sites for hydroxylation is 1. The van der Waals surface area contributed by atoms with E-state index < -0.39 is 0 Å². The molecule has 5 nitrogen and oxygen atoms in total. The zero-order chi connectivity index (χ0) is 12.8. The third kappa shape index (κ3) is 4.07. The summed E-state index contributed by atoms with van der Waals surface area (Å²) in [6.45, 7) is 9.79. The molecule has 0 saturated carbocycles. The van der Waals surface area contributed by atoms with Gasteiger partial charge in [-0.15, -0.1) is 0 Å². The summed E-state index contributed by atoms with van der Waals surface area (Å²) in [7, 11) is 0. The molecule has 0 amide bonds. The van der Waals surface area contributed by atoms with E-state index in [9.17, 15) is 0 Å². The highest BCUT2D eigenvalue weighted by Crippen LogP contribution is 2.15. The molecule has 1 atom stereocenters. The molecule has 1 saturated heterocycles. The van der Waals surface area contributed by atoms with Crippen LogP contribution in [-0.4, -0.2) is 47.8 Å². The Balaban J connectivity index is 1.63. The van der Waals surface area contributed by atoms with Crippen molar-refractivity contribution in [2.45, 2.75) is 33.1 Å². The molecule has 1 N–H and O–H groups in total. The fraction of sp³-hybridized carbons (Fsp3) is 0.846. The highest BCUT2D eigenvalue weighted by Gasteiger charge is 2.22. The summed E-state index contributed by atoms with van der Waals surface area (Å²) in [6.07, 6.45) is 3.39. The Bertz CT molecular complexity index is 353. The van der Waals surface area contributed by atoms with E-state index in [1.54, 1.807) is 0 Å². The monoisotopic (exact) mass is 252 g/mol. The van der Waals surface area contributed by atoms with Gasteiger partial charge in [0, 0.05) is 19.5 Å². The second kappa shape index (κ2) is 6.85. The predicted molar refractivity (Wildman–Crippen MR) is 70.4 cm³/mol. The van der Waals surface area contributed by atoms with Crippen molar-refractivity contribution in [3.05, 3.63) is 11.7 Å². The highest BCUT2D eigenvalue weighted by atomic mass is 16.5. The first-order chi connectivity index (χ1) is 8.78. The topological polar surface area (TPSA) is 54.2 Å². The lowest BCUT2D eigenvalue weighted by Gasteiger charge is -2.15. The van der Waals surface area contributed by atoms with E-state index in [1.807, 2.05) is 6.92 Å². The van der Waals surface area contributed by atoms with E-state index in [0.717, 1.165) is 43.7 Å². The maximum absolute atomic E-state index is 5.13. The van der Waals surface area contributed by atoms with Gasteiger partial charge in [0.1, 0.15) is 0 Å². The molecule has 1 fully saturated rings. The molecule has 0 spiro atoms. The Morgan fingerprint density at radius 1 is 1.50 bits per heavy atom. The average Bonchev–Trinajstić information content (AvgIpc) is 2.96. The van der Waals surface area contributed by atoms with E-state index in [1.165, 1.54) is 25.9 Å². The van der Waals surface area contributed by atoms with Crippen molar-refractivity contribution >= 4 is 0 Å². The van der Waals surface area contributed by atoms with E-state index in [-0.39, 0.29) is 0 Å². The molecular formula is C13H24N4O. The van der Waals surface area contributed by atoms with Crippen LogP contribution in [0.1, 0.15) is 31.5 Å². The van der Waals surface area contributed by atoms with Crippen LogP contribution in [0.5, 0.6) is 0 Å². The van der Waals surface area contributed by atoms with Gasteiger partial charge in [-0.25, -0.2) is 0 Å². The van der Waals surface area contributed by atoms with Crippen LogP contribution < -0.4 is 5.32 Å². The Morgan fingerprint density at radius 3 is 3.11 bits per heavy atom. The molecule has 1 aromatic heterocycles. The largest absolute Gasteiger partial charge is 0.339 e. The minimum atomic E-state index is 0.730. The number of rotatable bonds is 7. The van der Waals surface area contributed by atoms with Gasteiger partial charge in [0.25, 0.3) is 0 Å². The normalized spacial score (nSPS) is 20.7. The molecule has 1 unspecified atom stereocenters. The van der Waals surface area contributed by atoms with Gasteiger partial charge in [-0.2, -0.15) is 4.98 Å².